The van der Waals surface area contributed by atoms with Gasteiger partial charge in [0.25, 0.3) is 0 Å². The Morgan fingerprint density at radius 3 is 2.83 bits per heavy atom. The van der Waals surface area contributed by atoms with Crippen LogP contribution >= 0.6 is 0 Å². The summed E-state index contributed by atoms with van der Waals surface area (Å²) in [6, 6.07) is 1.84. The first-order chi connectivity index (χ1) is 8.54. The molecule has 0 amide bonds. The minimum atomic E-state index is -0.484. The van der Waals surface area contributed by atoms with Crippen LogP contribution in [-0.2, 0) is 16.1 Å². The van der Waals surface area contributed by atoms with E-state index in [4.69, 9.17) is 4.74 Å². The second kappa shape index (κ2) is 7.21. The van der Waals surface area contributed by atoms with Crippen LogP contribution in [-0.4, -0.2) is 22.2 Å². The van der Waals surface area contributed by atoms with Gasteiger partial charge in [-0.2, -0.15) is 0 Å². The van der Waals surface area contributed by atoms with E-state index in [0.29, 0.717) is 6.61 Å². The number of unbranched alkanes of at least 4 members (excludes halogenated alkanes) is 1. The van der Waals surface area contributed by atoms with Crippen LogP contribution in [0.5, 0.6) is 0 Å². The number of carbonyl (C=O) groups excluding carboxylic acids is 1. The first-order valence-corrected chi connectivity index (χ1v) is 6.54. The molecule has 0 aromatic carbocycles. The van der Waals surface area contributed by atoms with E-state index >= 15 is 0 Å². The Hall–Kier alpha value is -1.29. The number of hydrogen-bond acceptors (Lipinski definition) is 3. The van der Waals surface area contributed by atoms with Crippen LogP contribution in [0.15, 0.2) is 18.5 Å². The van der Waals surface area contributed by atoms with Gasteiger partial charge in [-0.05, 0) is 24.0 Å². The van der Waals surface area contributed by atoms with Crippen molar-refractivity contribution in [2.75, 3.05) is 6.61 Å². The molecule has 102 valence electrons. The molecule has 0 aliphatic heterocycles. The molecule has 0 saturated carbocycles. The molecular weight excluding hydrogens is 230 g/mol. The molecule has 0 aliphatic rings. The molecule has 0 bridgehead atoms. The average Bonchev–Trinajstić information content (AvgIpc) is 2.76. The molecule has 1 rings (SSSR count). The van der Waals surface area contributed by atoms with Crippen molar-refractivity contribution in [1.82, 2.24) is 4.57 Å². The number of nitrogens with zero attached hydrogens (tertiary/aromatic N) is 1. The normalized spacial score (nSPS) is 12.7. The Labute approximate surface area is 109 Å². The van der Waals surface area contributed by atoms with E-state index in [1.165, 1.54) is 0 Å². The zero-order chi connectivity index (χ0) is 13.5. The molecule has 4 heteroatoms. The summed E-state index contributed by atoms with van der Waals surface area (Å²) < 4.78 is 6.83. The Balaban J connectivity index is 2.46. The molecule has 1 heterocycles. The zero-order valence-corrected chi connectivity index (χ0v) is 11.4. The van der Waals surface area contributed by atoms with E-state index in [9.17, 15) is 9.90 Å². The lowest BCUT2D eigenvalue weighted by atomic mass is 10.0. The van der Waals surface area contributed by atoms with Gasteiger partial charge in [0.15, 0.2) is 0 Å². The van der Waals surface area contributed by atoms with Crippen molar-refractivity contribution in [3.05, 3.63) is 24.0 Å². The van der Waals surface area contributed by atoms with Crippen LogP contribution in [0, 0.1) is 5.92 Å². The molecule has 0 radical (unpaired) electrons. The number of rotatable bonds is 7. The van der Waals surface area contributed by atoms with Crippen LogP contribution < -0.4 is 0 Å². The summed E-state index contributed by atoms with van der Waals surface area (Å²) in [6.07, 6.45) is 5.02. The largest absolute Gasteiger partial charge is 0.464 e. The van der Waals surface area contributed by atoms with Gasteiger partial charge in [-0.1, -0.05) is 27.2 Å². The molecule has 4 nitrogen and oxygen atoms in total. The van der Waals surface area contributed by atoms with Crippen molar-refractivity contribution < 1.29 is 14.6 Å². The van der Waals surface area contributed by atoms with Crippen LogP contribution in [0.25, 0.3) is 0 Å². The lowest BCUT2D eigenvalue weighted by Gasteiger charge is -2.12. The predicted octanol–water partition coefficient (Wildman–Crippen LogP) is 2.52. The summed E-state index contributed by atoms with van der Waals surface area (Å²) in [5.41, 5.74) is 0.839. The van der Waals surface area contributed by atoms with E-state index < -0.39 is 6.10 Å². The topological polar surface area (TPSA) is 51.5 Å². The van der Waals surface area contributed by atoms with Gasteiger partial charge in [-0.3, -0.25) is 4.79 Å². The van der Waals surface area contributed by atoms with Gasteiger partial charge in [-0.15, -0.1) is 0 Å². The Bertz CT molecular complexity index is 371. The number of esters is 1. The highest BCUT2D eigenvalue weighted by Crippen LogP contribution is 2.21. The van der Waals surface area contributed by atoms with Gasteiger partial charge < -0.3 is 14.4 Å². The number of aliphatic hydroxyl groups is 1. The highest BCUT2D eigenvalue weighted by atomic mass is 16.5. The lowest BCUT2D eigenvalue weighted by Crippen LogP contribution is -2.13. The quantitative estimate of drug-likeness (QED) is 0.600. The number of carbonyl (C=O) groups is 1. The molecule has 1 atom stereocenters. The van der Waals surface area contributed by atoms with Crippen molar-refractivity contribution in [2.45, 2.75) is 46.3 Å². The molecule has 18 heavy (non-hydrogen) atoms. The second-order valence-corrected chi connectivity index (χ2v) is 4.88. The molecular formula is C14H23NO3. The highest BCUT2D eigenvalue weighted by Gasteiger charge is 2.13. The minimum absolute atomic E-state index is 0.164. The zero-order valence-electron chi connectivity index (χ0n) is 11.4. The number of aromatic nitrogens is 1. The standard InChI is InChI=1S/C14H23NO3/c1-4-5-8-18-13(16)10-15-7-6-12(9-15)14(17)11(2)3/h6-7,9,11,14,17H,4-5,8,10H2,1-3H3. The Morgan fingerprint density at radius 2 is 2.22 bits per heavy atom. The predicted molar refractivity (Wildman–Crippen MR) is 70.1 cm³/mol. The van der Waals surface area contributed by atoms with Gasteiger partial charge in [0.2, 0.25) is 0 Å². The summed E-state index contributed by atoms with van der Waals surface area (Å²) in [4.78, 5) is 11.5. The van der Waals surface area contributed by atoms with Crippen LogP contribution in [0.1, 0.15) is 45.3 Å². The SMILES string of the molecule is CCCCOC(=O)Cn1ccc(C(O)C(C)C)c1. The van der Waals surface area contributed by atoms with Crippen LogP contribution in [0.3, 0.4) is 0 Å². The average molecular weight is 253 g/mol. The first kappa shape index (κ1) is 14.8. The number of aliphatic hydroxyl groups excluding tert-OH is 1. The fourth-order valence-corrected chi connectivity index (χ4v) is 1.64. The highest BCUT2D eigenvalue weighted by molar-refractivity contribution is 5.69. The third-order valence-corrected chi connectivity index (χ3v) is 2.82. The van der Waals surface area contributed by atoms with Gasteiger partial charge in [0.05, 0.1) is 12.7 Å². The number of hydrogen-bond donors (Lipinski definition) is 1. The second-order valence-electron chi connectivity index (χ2n) is 4.88. The van der Waals surface area contributed by atoms with Crippen molar-refractivity contribution in [3.8, 4) is 0 Å². The molecule has 1 aromatic heterocycles. The van der Waals surface area contributed by atoms with Gasteiger partial charge in [-0.25, -0.2) is 0 Å². The molecule has 0 spiro atoms. The maximum Gasteiger partial charge on any atom is 0.325 e. The maximum atomic E-state index is 11.5. The van der Waals surface area contributed by atoms with Crippen LogP contribution in [0.4, 0.5) is 0 Å². The van der Waals surface area contributed by atoms with Crippen molar-refractivity contribution in [1.29, 1.82) is 0 Å². The smallest absolute Gasteiger partial charge is 0.325 e. The summed E-state index contributed by atoms with van der Waals surface area (Å²) in [5.74, 6) is -0.0676. The van der Waals surface area contributed by atoms with E-state index in [0.717, 1.165) is 18.4 Å². The fraction of sp³-hybridized carbons (Fsp3) is 0.643. The van der Waals surface area contributed by atoms with Gasteiger partial charge in [0.1, 0.15) is 6.54 Å². The van der Waals surface area contributed by atoms with Crippen molar-refractivity contribution in [2.24, 2.45) is 5.92 Å². The molecule has 1 unspecified atom stereocenters. The number of ether oxygens (including phenoxy) is 1. The molecule has 1 N–H and O–H groups in total. The maximum absolute atomic E-state index is 11.5. The lowest BCUT2D eigenvalue weighted by molar-refractivity contribution is -0.144. The molecule has 0 fully saturated rings. The third-order valence-electron chi connectivity index (χ3n) is 2.82. The molecule has 0 saturated heterocycles. The van der Waals surface area contributed by atoms with Crippen LogP contribution in [0.2, 0.25) is 0 Å². The summed E-state index contributed by atoms with van der Waals surface area (Å²) in [7, 11) is 0. The van der Waals surface area contributed by atoms with Crippen molar-refractivity contribution >= 4 is 5.97 Å². The van der Waals surface area contributed by atoms with E-state index in [1.807, 2.05) is 19.9 Å². The monoisotopic (exact) mass is 253 g/mol. The van der Waals surface area contributed by atoms with Gasteiger partial charge in [0, 0.05) is 12.4 Å². The van der Waals surface area contributed by atoms with Crippen molar-refractivity contribution in [3.63, 3.8) is 0 Å². The first-order valence-electron chi connectivity index (χ1n) is 6.54. The van der Waals surface area contributed by atoms with E-state index in [1.54, 1.807) is 17.0 Å². The Morgan fingerprint density at radius 1 is 1.50 bits per heavy atom. The molecule has 0 aliphatic carbocycles. The molecule has 1 aromatic rings. The van der Waals surface area contributed by atoms with E-state index in [2.05, 4.69) is 6.92 Å². The minimum Gasteiger partial charge on any atom is -0.464 e. The summed E-state index contributed by atoms with van der Waals surface area (Å²) in [5, 5.41) is 9.89. The summed E-state index contributed by atoms with van der Waals surface area (Å²) >= 11 is 0. The fourth-order valence-electron chi connectivity index (χ4n) is 1.64. The van der Waals surface area contributed by atoms with Gasteiger partial charge >= 0.3 is 5.97 Å². The van der Waals surface area contributed by atoms with E-state index in [-0.39, 0.29) is 18.4 Å². The summed E-state index contributed by atoms with van der Waals surface area (Å²) in [6.45, 7) is 6.66. The Kier molecular flexibility index (Phi) is 5.92. The third kappa shape index (κ3) is 4.53.